The van der Waals surface area contributed by atoms with Crippen molar-refractivity contribution in [3.63, 3.8) is 0 Å². The molecule has 3 nitrogen and oxygen atoms in total. The summed E-state index contributed by atoms with van der Waals surface area (Å²) in [5.41, 5.74) is 0. The van der Waals surface area contributed by atoms with Gasteiger partial charge in [0.1, 0.15) is 0 Å². The molecule has 0 bridgehead atoms. The molecule has 1 atom stereocenters. The SMILES string of the molecule is CC[C@H](O)CN1CCCN(CC(C)C)CC1. The molecule has 1 aliphatic rings. The van der Waals surface area contributed by atoms with Crippen LogP contribution in [0.3, 0.4) is 0 Å². The lowest BCUT2D eigenvalue weighted by Gasteiger charge is -2.24. The predicted molar refractivity (Wildman–Crippen MR) is 68.6 cm³/mol. The summed E-state index contributed by atoms with van der Waals surface area (Å²) in [4.78, 5) is 4.97. The van der Waals surface area contributed by atoms with Crippen LogP contribution in [0.25, 0.3) is 0 Å². The highest BCUT2D eigenvalue weighted by Gasteiger charge is 2.16. The number of β-amino-alcohol motifs (C(OH)–C–C–N with tert-alkyl or cyclic N) is 1. The molecule has 16 heavy (non-hydrogen) atoms. The van der Waals surface area contributed by atoms with Gasteiger partial charge in [-0.15, -0.1) is 0 Å². The van der Waals surface area contributed by atoms with Gasteiger partial charge in [0.2, 0.25) is 0 Å². The molecular formula is C13H28N2O. The molecule has 1 heterocycles. The minimum absolute atomic E-state index is 0.142. The molecule has 1 fully saturated rings. The van der Waals surface area contributed by atoms with Crippen molar-refractivity contribution in [1.29, 1.82) is 0 Å². The lowest BCUT2D eigenvalue weighted by molar-refractivity contribution is 0.110. The molecule has 0 radical (unpaired) electrons. The summed E-state index contributed by atoms with van der Waals surface area (Å²) in [5, 5.41) is 9.66. The lowest BCUT2D eigenvalue weighted by atomic mass is 10.2. The predicted octanol–water partition coefficient (Wildman–Crippen LogP) is 1.42. The van der Waals surface area contributed by atoms with E-state index in [-0.39, 0.29) is 6.10 Å². The van der Waals surface area contributed by atoms with Crippen molar-refractivity contribution in [3.05, 3.63) is 0 Å². The molecule has 1 saturated heterocycles. The van der Waals surface area contributed by atoms with Gasteiger partial charge < -0.3 is 10.0 Å². The third-order valence-electron chi connectivity index (χ3n) is 3.24. The van der Waals surface area contributed by atoms with E-state index in [1.165, 1.54) is 19.5 Å². The molecule has 0 spiro atoms. The van der Waals surface area contributed by atoms with E-state index in [9.17, 15) is 5.11 Å². The Hall–Kier alpha value is -0.120. The highest BCUT2D eigenvalue weighted by atomic mass is 16.3. The van der Waals surface area contributed by atoms with Gasteiger partial charge in [-0.25, -0.2) is 0 Å². The molecule has 0 unspecified atom stereocenters. The van der Waals surface area contributed by atoms with Gasteiger partial charge in [-0.05, 0) is 31.8 Å². The first kappa shape index (κ1) is 13.9. The van der Waals surface area contributed by atoms with Gasteiger partial charge in [0.05, 0.1) is 6.10 Å². The number of aliphatic hydroxyl groups excluding tert-OH is 1. The van der Waals surface area contributed by atoms with Crippen LogP contribution < -0.4 is 0 Å². The third-order valence-corrected chi connectivity index (χ3v) is 3.24. The van der Waals surface area contributed by atoms with Gasteiger partial charge in [-0.2, -0.15) is 0 Å². The standard InChI is InChI=1S/C13H28N2O/c1-4-13(16)11-15-7-5-6-14(8-9-15)10-12(2)3/h12-13,16H,4-11H2,1-3H3/t13-/m0/s1. The van der Waals surface area contributed by atoms with E-state index >= 15 is 0 Å². The van der Waals surface area contributed by atoms with Crippen LogP contribution >= 0.6 is 0 Å². The van der Waals surface area contributed by atoms with Crippen molar-refractivity contribution >= 4 is 0 Å². The maximum atomic E-state index is 9.66. The van der Waals surface area contributed by atoms with Crippen LogP contribution in [0.1, 0.15) is 33.6 Å². The molecule has 1 rings (SSSR count). The third kappa shape index (κ3) is 5.28. The summed E-state index contributed by atoms with van der Waals surface area (Å²) >= 11 is 0. The largest absolute Gasteiger partial charge is 0.392 e. The topological polar surface area (TPSA) is 26.7 Å². The van der Waals surface area contributed by atoms with Crippen molar-refractivity contribution in [1.82, 2.24) is 9.80 Å². The second kappa shape index (κ2) is 7.25. The van der Waals surface area contributed by atoms with Gasteiger partial charge >= 0.3 is 0 Å². The Labute approximate surface area is 100 Å². The Balaban J connectivity index is 2.28. The average molecular weight is 228 g/mol. The summed E-state index contributed by atoms with van der Waals surface area (Å²) in [6, 6.07) is 0. The summed E-state index contributed by atoms with van der Waals surface area (Å²) in [5.74, 6) is 0.757. The molecule has 3 heteroatoms. The molecule has 1 aliphatic heterocycles. The monoisotopic (exact) mass is 228 g/mol. The summed E-state index contributed by atoms with van der Waals surface area (Å²) in [6.45, 7) is 13.3. The van der Waals surface area contributed by atoms with Gasteiger partial charge in [0.15, 0.2) is 0 Å². The van der Waals surface area contributed by atoms with E-state index in [1.54, 1.807) is 0 Å². The molecule has 96 valence electrons. The van der Waals surface area contributed by atoms with Gasteiger partial charge in [-0.3, -0.25) is 4.90 Å². The summed E-state index contributed by atoms with van der Waals surface area (Å²) in [6.07, 6.45) is 1.96. The van der Waals surface area contributed by atoms with Crippen LogP contribution in [0.15, 0.2) is 0 Å². The van der Waals surface area contributed by atoms with Crippen LogP contribution in [0, 0.1) is 5.92 Å². The fraction of sp³-hybridized carbons (Fsp3) is 1.00. The summed E-state index contributed by atoms with van der Waals surface area (Å²) < 4.78 is 0. The first-order chi connectivity index (χ1) is 7.61. The molecule has 0 aliphatic carbocycles. The highest BCUT2D eigenvalue weighted by molar-refractivity contribution is 4.72. The Morgan fingerprint density at radius 3 is 2.06 bits per heavy atom. The van der Waals surface area contributed by atoms with E-state index in [1.807, 2.05) is 6.92 Å². The second-order valence-corrected chi connectivity index (χ2v) is 5.41. The number of aliphatic hydroxyl groups is 1. The molecule has 0 aromatic carbocycles. The minimum Gasteiger partial charge on any atom is -0.392 e. The molecule has 0 aromatic heterocycles. The van der Waals surface area contributed by atoms with Crippen LogP contribution in [0.2, 0.25) is 0 Å². The van der Waals surface area contributed by atoms with Crippen LogP contribution in [-0.2, 0) is 0 Å². The fourth-order valence-electron chi connectivity index (χ4n) is 2.33. The Morgan fingerprint density at radius 2 is 1.56 bits per heavy atom. The number of nitrogens with zero attached hydrogens (tertiary/aromatic N) is 2. The normalized spacial score (nSPS) is 22.3. The molecule has 0 aromatic rings. The van der Waals surface area contributed by atoms with E-state index in [2.05, 4.69) is 23.6 Å². The number of hydrogen-bond donors (Lipinski definition) is 1. The van der Waals surface area contributed by atoms with Gasteiger partial charge in [0, 0.05) is 26.2 Å². The lowest BCUT2D eigenvalue weighted by Crippen LogP contribution is -2.36. The van der Waals surface area contributed by atoms with Crippen LogP contribution in [0.4, 0.5) is 0 Å². The molecule has 1 N–H and O–H groups in total. The number of rotatable bonds is 5. The van der Waals surface area contributed by atoms with Crippen molar-refractivity contribution in [2.24, 2.45) is 5.92 Å². The highest BCUT2D eigenvalue weighted by Crippen LogP contribution is 2.07. The summed E-state index contributed by atoms with van der Waals surface area (Å²) in [7, 11) is 0. The van der Waals surface area contributed by atoms with Crippen LogP contribution in [-0.4, -0.2) is 60.3 Å². The Kier molecular flexibility index (Phi) is 6.32. The van der Waals surface area contributed by atoms with Crippen molar-refractivity contribution < 1.29 is 5.11 Å². The van der Waals surface area contributed by atoms with E-state index in [0.29, 0.717) is 0 Å². The average Bonchev–Trinajstić information content (AvgIpc) is 2.43. The van der Waals surface area contributed by atoms with Gasteiger partial charge in [0.25, 0.3) is 0 Å². The van der Waals surface area contributed by atoms with Crippen molar-refractivity contribution in [2.45, 2.75) is 39.7 Å². The smallest absolute Gasteiger partial charge is 0.0664 e. The molecule has 0 saturated carbocycles. The quantitative estimate of drug-likeness (QED) is 0.771. The second-order valence-electron chi connectivity index (χ2n) is 5.41. The zero-order valence-corrected chi connectivity index (χ0v) is 11.2. The maximum Gasteiger partial charge on any atom is 0.0664 e. The van der Waals surface area contributed by atoms with Crippen LogP contribution in [0.5, 0.6) is 0 Å². The van der Waals surface area contributed by atoms with Crippen molar-refractivity contribution in [2.75, 3.05) is 39.3 Å². The van der Waals surface area contributed by atoms with E-state index < -0.39 is 0 Å². The zero-order valence-electron chi connectivity index (χ0n) is 11.2. The first-order valence-electron chi connectivity index (χ1n) is 6.74. The maximum absolute atomic E-state index is 9.66. The van der Waals surface area contributed by atoms with E-state index in [4.69, 9.17) is 0 Å². The Bertz CT molecular complexity index is 185. The Morgan fingerprint density at radius 1 is 1.00 bits per heavy atom. The number of hydrogen-bond acceptors (Lipinski definition) is 3. The minimum atomic E-state index is -0.142. The molecular weight excluding hydrogens is 200 g/mol. The zero-order chi connectivity index (χ0) is 12.0. The van der Waals surface area contributed by atoms with E-state index in [0.717, 1.165) is 38.5 Å². The molecule has 0 amide bonds. The van der Waals surface area contributed by atoms with Crippen molar-refractivity contribution in [3.8, 4) is 0 Å². The fourth-order valence-corrected chi connectivity index (χ4v) is 2.33. The first-order valence-corrected chi connectivity index (χ1v) is 6.74. The van der Waals surface area contributed by atoms with Gasteiger partial charge in [-0.1, -0.05) is 20.8 Å².